The number of benzene rings is 3. The maximum Gasteiger partial charge on any atom is 0.282 e. The Morgan fingerprint density at radius 3 is 2.10 bits per heavy atom. The number of nitrogens with zero attached hydrogens (tertiary/aromatic N) is 1. The van der Waals surface area contributed by atoms with Crippen molar-refractivity contribution in [1.29, 1.82) is 0 Å². The van der Waals surface area contributed by atoms with Gasteiger partial charge in [0.15, 0.2) is 0 Å². The molecule has 1 aliphatic heterocycles. The molecule has 0 saturated heterocycles. The van der Waals surface area contributed by atoms with Crippen molar-refractivity contribution in [2.24, 2.45) is 0 Å². The normalized spacial score (nSPS) is 13.7. The molecule has 0 atom stereocenters. The highest BCUT2D eigenvalue weighted by atomic mass is 16.5. The van der Waals surface area contributed by atoms with Gasteiger partial charge in [0.05, 0.1) is 18.4 Å². The zero-order valence-corrected chi connectivity index (χ0v) is 18.0. The standard InChI is InChI=1S/C26H24N2O3/c1-16-8-10-19(11-9-16)23-24(27-20-13-17(2)12-18(3)14-20)26(30)28(25(23)29)21-6-5-7-22(15-21)31-4/h5-15,27H,1-4H3. The smallest absolute Gasteiger partial charge is 0.282 e. The predicted molar refractivity (Wildman–Crippen MR) is 123 cm³/mol. The van der Waals surface area contributed by atoms with E-state index in [1.165, 1.54) is 4.90 Å². The zero-order valence-electron chi connectivity index (χ0n) is 18.0. The average Bonchev–Trinajstić information content (AvgIpc) is 2.97. The second-order valence-electron chi connectivity index (χ2n) is 7.76. The van der Waals surface area contributed by atoms with Crippen LogP contribution in [-0.2, 0) is 9.59 Å². The first-order valence-corrected chi connectivity index (χ1v) is 10.1. The van der Waals surface area contributed by atoms with Crippen molar-refractivity contribution >= 4 is 28.8 Å². The van der Waals surface area contributed by atoms with Gasteiger partial charge in [-0.3, -0.25) is 9.59 Å². The van der Waals surface area contributed by atoms with Crippen LogP contribution in [0.1, 0.15) is 22.3 Å². The Morgan fingerprint density at radius 2 is 1.45 bits per heavy atom. The first-order chi connectivity index (χ1) is 14.9. The van der Waals surface area contributed by atoms with E-state index in [0.29, 0.717) is 22.6 Å². The Balaban J connectivity index is 1.83. The van der Waals surface area contributed by atoms with Crippen LogP contribution in [0.5, 0.6) is 5.75 Å². The molecule has 4 rings (SSSR count). The van der Waals surface area contributed by atoms with Crippen LogP contribution < -0.4 is 15.0 Å². The minimum atomic E-state index is -0.395. The third-order valence-corrected chi connectivity index (χ3v) is 5.23. The molecule has 156 valence electrons. The van der Waals surface area contributed by atoms with Crippen LogP contribution in [0.2, 0.25) is 0 Å². The quantitative estimate of drug-likeness (QED) is 0.598. The lowest BCUT2D eigenvalue weighted by Crippen LogP contribution is -2.32. The lowest BCUT2D eigenvalue weighted by molar-refractivity contribution is -0.120. The number of hydrogen-bond acceptors (Lipinski definition) is 4. The number of hydrogen-bond donors (Lipinski definition) is 1. The Morgan fingerprint density at radius 1 is 0.774 bits per heavy atom. The Kier molecular flexibility index (Phi) is 5.34. The monoisotopic (exact) mass is 412 g/mol. The molecule has 0 bridgehead atoms. The maximum absolute atomic E-state index is 13.5. The van der Waals surface area contributed by atoms with E-state index in [1.807, 2.05) is 57.2 Å². The second-order valence-corrected chi connectivity index (χ2v) is 7.76. The van der Waals surface area contributed by atoms with Gasteiger partial charge >= 0.3 is 0 Å². The summed E-state index contributed by atoms with van der Waals surface area (Å²) in [5, 5.41) is 3.23. The first-order valence-electron chi connectivity index (χ1n) is 10.1. The number of methoxy groups -OCH3 is 1. The molecule has 3 aromatic rings. The number of anilines is 2. The highest BCUT2D eigenvalue weighted by Crippen LogP contribution is 2.35. The number of imide groups is 1. The highest BCUT2D eigenvalue weighted by Gasteiger charge is 2.40. The SMILES string of the molecule is COc1cccc(N2C(=O)C(Nc3cc(C)cc(C)c3)=C(c3ccc(C)cc3)C2=O)c1. The van der Waals surface area contributed by atoms with Crippen LogP contribution in [0.25, 0.3) is 5.57 Å². The number of amides is 2. The molecule has 5 nitrogen and oxygen atoms in total. The Hall–Kier alpha value is -3.86. The fraction of sp³-hybridized carbons (Fsp3) is 0.154. The summed E-state index contributed by atoms with van der Waals surface area (Å²) in [6.07, 6.45) is 0. The molecule has 0 saturated carbocycles. The van der Waals surface area contributed by atoms with Gasteiger partial charge in [-0.05, 0) is 61.7 Å². The molecule has 5 heteroatoms. The number of carbonyl (C=O) groups excluding carboxylic acids is 2. The minimum Gasteiger partial charge on any atom is -0.497 e. The summed E-state index contributed by atoms with van der Waals surface area (Å²) in [4.78, 5) is 28.2. The van der Waals surface area contributed by atoms with Gasteiger partial charge in [0.1, 0.15) is 11.4 Å². The summed E-state index contributed by atoms with van der Waals surface area (Å²) in [6.45, 7) is 5.98. The van der Waals surface area contributed by atoms with Gasteiger partial charge in [-0.1, -0.05) is 42.0 Å². The molecule has 0 fully saturated rings. The van der Waals surface area contributed by atoms with Crippen LogP contribution in [-0.4, -0.2) is 18.9 Å². The van der Waals surface area contributed by atoms with Crippen molar-refractivity contribution in [2.75, 3.05) is 17.3 Å². The van der Waals surface area contributed by atoms with Crippen LogP contribution in [0, 0.1) is 20.8 Å². The fourth-order valence-electron chi connectivity index (χ4n) is 3.81. The molecule has 0 aromatic heterocycles. The Bertz CT molecular complexity index is 1190. The van der Waals surface area contributed by atoms with E-state index < -0.39 is 5.91 Å². The molecule has 0 radical (unpaired) electrons. The van der Waals surface area contributed by atoms with Crippen LogP contribution in [0.3, 0.4) is 0 Å². The topological polar surface area (TPSA) is 58.6 Å². The first kappa shape index (κ1) is 20.4. The van der Waals surface area contributed by atoms with Gasteiger partial charge in [0.2, 0.25) is 0 Å². The van der Waals surface area contributed by atoms with Crippen molar-refractivity contribution in [3.05, 3.63) is 94.7 Å². The number of nitrogens with one attached hydrogen (secondary N) is 1. The van der Waals surface area contributed by atoms with E-state index in [9.17, 15) is 9.59 Å². The van der Waals surface area contributed by atoms with Crippen LogP contribution >= 0.6 is 0 Å². The number of ether oxygens (including phenoxy) is 1. The lowest BCUT2D eigenvalue weighted by Gasteiger charge is -2.16. The number of rotatable bonds is 5. The Labute approximate surface area is 182 Å². The molecule has 0 spiro atoms. The predicted octanol–water partition coefficient (Wildman–Crippen LogP) is 5.02. The number of carbonyl (C=O) groups is 2. The fourth-order valence-corrected chi connectivity index (χ4v) is 3.81. The van der Waals surface area contributed by atoms with E-state index in [4.69, 9.17) is 4.74 Å². The molecule has 31 heavy (non-hydrogen) atoms. The largest absolute Gasteiger partial charge is 0.497 e. The molecule has 0 aliphatic carbocycles. The van der Waals surface area contributed by atoms with Gasteiger partial charge in [0, 0.05) is 11.8 Å². The molecule has 1 aliphatic rings. The highest BCUT2D eigenvalue weighted by molar-refractivity contribution is 6.46. The average molecular weight is 412 g/mol. The second kappa shape index (κ2) is 8.11. The third kappa shape index (κ3) is 3.94. The summed E-state index contributed by atoms with van der Waals surface area (Å²) in [6, 6.07) is 20.5. The van der Waals surface area contributed by atoms with Gasteiger partial charge in [0.25, 0.3) is 11.8 Å². The summed E-state index contributed by atoms with van der Waals surface area (Å²) < 4.78 is 5.28. The maximum atomic E-state index is 13.5. The van der Waals surface area contributed by atoms with E-state index in [2.05, 4.69) is 11.4 Å². The summed E-state index contributed by atoms with van der Waals surface area (Å²) in [5.74, 6) is -0.187. The van der Waals surface area contributed by atoms with E-state index >= 15 is 0 Å². The van der Waals surface area contributed by atoms with Gasteiger partial charge in [-0.25, -0.2) is 4.90 Å². The summed E-state index contributed by atoms with van der Waals surface area (Å²) >= 11 is 0. The third-order valence-electron chi connectivity index (χ3n) is 5.23. The van der Waals surface area contributed by atoms with Gasteiger partial charge in [-0.2, -0.15) is 0 Å². The molecule has 1 N–H and O–H groups in total. The van der Waals surface area contributed by atoms with E-state index in [-0.39, 0.29) is 11.6 Å². The van der Waals surface area contributed by atoms with Crippen molar-refractivity contribution < 1.29 is 14.3 Å². The number of aryl methyl sites for hydroxylation is 3. The van der Waals surface area contributed by atoms with Crippen molar-refractivity contribution in [1.82, 2.24) is 0 Å². The molecule has 0 unspecified atom stereocenters. The summed E-state index contributed by atoms with van der Waals surface area (Å²) in [7, 11) is 1.55. The molecular weight excluding hydrogens is 388 g/mol. The zero-order chi connectivity index (χ0) is 22.1. The van der Waals surface area contributed by atoms with Crippen molar-refractivity contribution in [3.8, 4) is 5.75 Å². The van der Waals surface area contributed by atoms with Gasteiger partial charge in [-0.15, -0.1) is 0 Å². The summed E-state index contributed by atoms with van der Waals surface area (Å²) in [5.41, 5.74) is 5.77. The molecule has 3 aromatic carbocycles. The van der Waals surface area contributed by atoms with Gasteiger partial charge < -0.3 is 10.1 Å². The molecule has 2 amide bonds. The lowest BCUT2D eigenvalue weighted by atomic mass is 10.0. The van der Waals surface area contributed by atoms with Crippen LogP contribution in [0.4, 0.5) is 11.4 Å². The van der Waals surface area contributed by atoms with Crippen molar-refractivity contribution in [3.63, 3.8) is 0 Å². The van der Waals surface area contributed by atoms with Crippen LogP contribution in [0.15, 0.2) is 72.4 Å². The van der Waals surface area contributed by atoms with E-state index in [1.54, 1.807) is 31.4 Å². The van der Waals surface area contributed by atoms with E-state index in [0.717, 1.165) is 22.4 Å². The minimum absolute atomic E-state index is 0.265. The molecular formula is C26H24N2O3. The molecule has 1 heterocycles. The van der Waals surface area contributed by atoms with Crippen molar-refractivity contribution in [2.45, 2.75) is 20.8 Å².